The van der Waals surface area contributed by atoms with Crippen molar-refractivity contribution in [3.05, 3.63) is 0 Å². The zero-order valence-corrected chi connectivity index (χ0v) is 3.92. The summed E-state index contributed by atoms with van der Waals surface area (Å²) < 4.78 is 2.36. The fourth-order valence-corrected chi connectivity index (χ4v) is 0. The van der Waals surface area contributed by atoms with E-state index in [1.54, 1.807) is 20.1 Å². The molecule has 24 valence electrons. The number of nitrogens with one attached hydrogen (secondary N) is 3. The second kappa shape index (κ2) is 3.57. The van der Waals surface area contributed by atoms with Gasteiger partial charge in [0.15, 0.2) is 0 Å². The molecule has 0 aromatic rings. The standard InChI is InChI=1S/Mo.H3N3/c;1-3-2/h;1-3H/q+1;-1. The molecule has 0 aromatic heterocycles. The normalized spacial score (nSPS) is 7.25. The van der Waals surface area contributed by atoms with Crippen LogP contribution in [0.4, 0.5) is 0 Å². The molecule has 0 atom stereocenters. The Morgan fingerprint density at radius 3 is 2.00 bits per heavy atom. The summed E-state index contributed by atoms with van der Waals surface area (Å²) in [7, 11) is 0. The van der Waals surface area contributed by atoms with E-state index in [0.29, 0.717) is 0 Å². The van der Waals surface area contributed by atoms with Crippen molar-refractivity contribution in [3.8, 4) is 0 Å². The Balaban J connectivity index is 1.97. The molecule has 0 spiro atoms. The van der Waals surface area contributed by atoms with Crippen LogP contribution in [0.2, 0.25) is 0 Å². The molecule has 0 amide bonds. The Morgan fingerprint density at radius 2 is 2.00 bits per heavy atom. The minimum absolute atomic E-state index is 1.58. The molecule has 1 radical (unpaired) electrons. The number of rotatable bonds is 1. The first-order valence-electron chi connectivity index (χ1n) is 0.704. The Labute approximate surface area is 36.1 Å². The Kier molecular flexibility index (Phi) is 4.08. The summed E-state index contributed by atoms with van der Waals surface area (Å²) in [4.78, 5) is 0. The fourth-order valence-electron chi connectivity index (χ4n) is 0. The van der Waals surface area contributed by atoms with E-state index in [9.17, 15) is 0 Å². The van der Waals surface area contributed by atoms with Gasteiger partial charge in [0.25, 0.3) is 0 Å². The maximum atomic E-state index is 6.09. The monoisotopic (exact) mass is 143 g/mol. The van der Waals surface area contributed by atoms with Crippen molar-refractivity contribution in [2.45, 2.75) is 0 Å². The molecule has 0 aliphatic carbocycles. The Bertz CT molecular complexity index is 5.25. The SMILES string of the molecule is [NH]N[NH][Mo]. The number of hydrogen-bond acceptors (Lipinski definition) is 2. The molecular weight excluding hydrogens is 138 g/mol. The van der Waals surface area contributed by atoms with E-state index in [0.717, 1.165) is 0 Å². The molecule has 3 N–H and O–H groups in total. The quantitative estimate of drug-likeness (QED) is 0.353. The second-order valence-corrected chi connectivity index (χ2v) is 0.729. The van der Waals surface area contributed by atoms with E-state index in [4.69, 9.17) is 5.84 Å². The number of hydrazine groups is 1. The average Bonchev–Trinajstić information content (AvgIpc) is 1.37. The van der Waals surface area contributed by atoms with Gasteiger partial charge in [-0.25, -0.2) is 0 Å². The third kappa shape index (κ3) is 2.57. The van der Waals surface area contributed by atoms with Gasteiger partial charge in [-0.15, -0.1) is 0 Å². The summed E-state index contributed by atoms with van der Waals surface area (Å²) in [5.41, 5.74) is 1.94. The van der Waals surface area contributed by atoms with Crippen molar-refractivity contribution in [2.24, 2.45) is 0 Å². The average molecular weight is 141 g/mol. The van der Waals surface area contributed by atoms with Crippen LogP contribution in [0.15, 0.2) is 0 Å². The predicted octanol–water partition coefficient (Wildman–Crippen LogP) is -1.26. The van der Waals surface area contributed by atoms with Gasteiger partial charge in [-0.3, -0.25) is 0 Å². The van der Waals surface area contributed by atoms with Crippen molar-refractivity contribution in [3.63, 3.8) is 0 Å². The fraction of sp³-hybridized carbons (Fsp3) is 0. The first kappa shape index (κ1) is 4.57. The second-order valence-electron chi connectivity index (χ2n) is 0.227. The molecule has 4 heavy (non-hydrogen) atoms. The van der Waals surface area contributed by atoms with Gasteiger partial charge >= 0.3 is 35.4 Å². The topological polar surface area (TPSA) is 47.9 Å². The zero-order chi connectivity index (χ0) is 3.41. The van der Waals surface area contributed by atoms with Crippen LogP contribution in [0.25, 0.3) is 0 Å². The van der Waals surface area contributed by atoms with Crippen molar-refractivity contribution in [2.75, 3.05) is 0 Å². The molecule has 0 aromatic carbocycles. The first-order chi connectivity index (χ1) is 1.91. The Morgan fingerprint density at radius 1 is 1.75 bits per heavy atom. The van der Waals surface area contributed by atoms with Crippen LogP contribution >= 0.6 is 0 Å². The van der Waals surface area contributed by atoms with E-state index in [1.165, 1.54) is 0 Å². The van der Waals surface area contributed by atoms with Gasteiger partial charge in [-0.1, -0.05) is 0 Å². The molecule has 0 unspecified atom stereocenters. The van der Waals surface area contributed by atoms with Gasteiger partial charge in [-0.05, 0) is 0 Å². The van der Waals surface area contributed by atoms with E-state index < -0.39 is 0 Å². The Hall–Kier alpha value is 0.568. The summed E-state index contributed by atoms with van der Waals surface area (Å²) in [5.74, 6) is 6.09. The third-order valence-electron chi connectivity index (χ3n) is 0.0510. The molecule has 0 saturated carbocycles. The molecule has 0 fully saturated rings. The van der Waals surface area contributed by atoms with E-state index in [2.05, 4.69) is 3.98 Å². The van der Waals surface area contributed by atoms with Crippen LogP contribution in [0.1, 0.15) is 0 Å². The van der Waals surface area contributed by atoms with Crippen LogP contribution in [-0.2, 0) is 20.1 Å². The van der Waals surface area contributed by atoms with Gasteiger partial charge in [0.1, 0.15) is 0 Å². The molecule has 0 aliphatic rings. The molecule has 0 saturated heterocycles. The molecule has 0 bridgehead atoms. The van der Waals surface area contributed by atoms with Gasteiger partial charge < -0.3 is 0 Å². The molecule has 0 aliphatic heterocycles. The molecule has 4 heteroatoms. The summed E-state index contributed by atoms with van der Waals surface area (Å²) in [6.45, 7) is 0. The minimum atomic E-state index is 1.58. The van der Waals surface area contributed by atoms with Crippen molar-refractivity contribution < 1.29 is 20.1 Å². The van der Waals surface area contributed by atoms with Crippen molar-refractivity contribution in [1.82, 2.24) is 15.4 Å². The van der Waals surface area contributed by atoms with Crippen LogP contribution < -0.4 is 15.4 Å². The summed E-state index contributed by atoms with van der Waals surface area (Å²) in [6.07, 6.45) is 0. The summed E-state index contributed by atoms with van der Waals surface area (Å²) in [5, 5.41) is 0. The van der Waals surface area contributed by atoms with Crippen LogP contribution in [0, 0.1) is 0 Å². The molecule has 0 rings (SSSR count). The molecule has 3 nitrogen and oxygen atoms in total. The number of hydrogen-bond donors (Lipinski definition) is 2. The summed E-state index contributed by atoms with van der Waals surface area (Å²) in [6, 6.07) is 0. The van der Waals surface area contributed by atoms with Gasteiger partial charge in [0, 0.05) is 0 Å². The third-order valence-corrected chi connectivity index (χ3v) is 0.302. The van der Waals surface area contributed by atoms with Gasteiger partial charge in [-0.2, -0.15) is 0 Å². The van der Waals surface area contributed by atoms with E-state index in [-0.39, 0.29) is 0 Å². The zero-order valence-electron chi connectivity index (χ0n) is 1.91. The van der Waals surface area contributed by atoms with Crippen molar-refractivity contribution >= 4 is 0 Å². The maximum absolute atomic E-state index is 6.09. The van der Waals surface area contributed by atoms with Gasteiger partial charge in [0.05, 0.1) is 0 Å². The van der Waals surface area contributed by atoms with Crippen LogP contribution in [0.3, 0.4) is 0 Å². The first-order valence-corrected chi connectivity index (χ1v) is 1.71. The van der Waals surface area contributed by atoms with Gasteiger partial charge in [0.2, 0.25) is 0 Å². The van der Waals surface area contributed by atoms with E-state index >= 15 is 0 Å². The van der Waals surface area contributed by atoms with Crippen LogP contribution in [0.5, 0.6) is 0 Å². The predicted molar refractivity (Wildman–Crippen MR) is 9.37 cm³/mol. The molecular formula is H3MoN3. The van der Waals surface area contributed by atoms with E-state index in [1.807, 2.05) is 5.53 Å². The van der Waals surface area contributed by atoms with Crippen molar-refractivity contribution in [1.29, 1.82) is 0 Å². The molecule has 0 heterocycles. The van der Waals surface area contributed by atoms with Crippen LogP contribution in [-0.4, -0.2) is 0 Å². The summed E-state index contributed by atoms with van der Waals surface area (Å²) >= 11 is 1.58.